The molecule has 2 aromatic heterocycles. The van der Waals surface area contributed by atoms with Crippen LogP contribution >= 0.6 is 0 Å². The fraction of sp³-hybridized carbons (Fsp3) is 0.308. The molecule has 0 bridgehead atoms. The highest BCUT2D eigenvalue weighted by molar-refractivity contribution is 5.98. The highest BCUT2D eigenvalue weighted by Gasteiger charge is 2.29. The molecule has 5 rings (SSSR count). The van der Waals surface area contributed by atoms with Gasteiger partial charge in [0, 0.05) is 24.6 Å². The number of hydrogen-bond donors (Lipinski definition) is 1. The van der Waals surface area contributed by atoms with Gasteiger partial charge in [0.2, 0.25) is 5.91 Å². The van der Waals surface area contributed by atoms with Crippen LogP contribution in [0.4, 0.5) is 5.82 Å². The molecule has 174 valence electrons. The topological polar surface area (TPSA) is 99.2 Å². The number of ether oxygens (including phenoxy) is 1. The minimum Gasteiger partial charge on any atom is -0.457 e. The molecule has 0 unspecified atom stereocenters. The molecule has 3 heterocycles. The van der Waals surface area contributed by atoms with Crippen molar-refractivity contribution in [3.05, 3.63) is 60.9 Å². The van der Waals surface area contributed by atoms with Gasteiger partial charge in [-0.05, 0) is 49.2 Å². The van der Waals surface area contributed by atoms with Gasteiger partial charge in [-0.1, -0.05) is 32.0 Å². The van der Waals surface area contributed by atoms with Crippen LogP contribution in [-0.4, -0.2) is 43.6 Å². The Morgan fingerprint density at radius 1 is 1.06 bits per heavy atom. The van der Waals surface area contributed by atoms with Crippen LogP contribution in [0.3, 0.4) is 0 Å². The lowest BCUT2D eigenvalue weighted by molar-refractivity contribution is -0.136. The quantitative estimate of drug-likeness (QED) is 0.468. The van der Waals surface area contributed by atoms with E-state index in [9.17, 15) is 4.79 Å². The van der Waals surface area contributed by atoms with Crippen LogP contribution in [0.5, 0.6) is 11.5 Å². The van der Waals surface area contributed by atoms with Gasteiger partial charge in [0.25, 0.3) is 0 Å². The number of amides is 1. The molecule has 4 aromatic rings. The predicted octanol–water partition coefficient (Wildman–Crippen LogP) is 4.69. The predicted molar refractivity (Wildman–Crippen MR) is 131 cm³/mol. The molecule has 0 aliphatic carbocycles. The number of nitrogens with zero attached hydrogens (tertiary/aromatic N) is 5. The first kappa shape index (κ1) is 21.9. The third-order valence-corrected chi connectivity index (χ3v) is 6.17. The molecule has 1 atom stereocenters. The minimum absolute atomic E-state index is 0.0294. The average molecular weight is 457 g/mol. The van der Waals surface area contributed by atoms with Crippen molar-refractivity contribution in [3.63, 3.8) is 0 Å². The van der Waals surface area contributed by atoms with E-state index in [2.05, 4.69) is 9.97 Å². The number of nitrogens with two attached hydrogens (primary N) is 1. The number of carbonyl (C=O) groups excluding carboxylic acids is 1. The molecule has 2 N–H and O–H groups in total. The maximum Gasteiger partial charge on any atom is 0.225 e. The Balaban J connectivity index is 1.49. The smallest absolute Gasteiger partial charge is 0.225 e. The number of benzene rings is 2. The second kappa shape index (κ2) is 9.13. The number of aromatic nitrogens is 4. The van der Waals surface area contributed by atoms with E-state index in [1.165, 1.54) is 6.33 Å². The number of anilines is 1. The van der Waals surface area contributed by atoms with Crippen LogP contribution < -0.4 is 10.5 Å². The standard InChI is InChI=1S/C26H28N6O2/c1-17(2)26(33)31-14-6-7-19(15-31)32-25-22(24(27)28-16-29-25)23(30-32)18-10-12-21(13-11-18)34-20-8-4-3-5-9-20/h3-5,8-13,16-17,19H,6-7,14-15H2,1-2H3,(H2,27,28,29)/t19-/m1/s1. The van der Waals surface area contributed by atoms with E-state index in [4.69, 9.17) is 15.6 Å². The highest BCUT2D eigenvalue weighted by atomic mass is 16.5. The van der Waals surface area contributed by atoms with Crippen molar-refractivity contribution in [2.24, 2.45) is 5.92 Å². The van der Waals surface area contributed by atoms with Crippen LogP contribution in [0.2, 0.25) is 0 Å². The monoisotopic (exact) mass is 456 g/mol. The van der Waals surface area contributed by atoms with Crippen molar-refractivity contribution >= 4 is 22.8 Å². The number of fused-ring (bicyclic) bond motifs is 1. The summed E-state index contributed by atoms with van der Waals surface area (Å²) in [4.78, 5) is 23.3. The van der Waals surface area contributed by atoms with E-state index < -0.39 is 0 Å². The summed E-state index contributed by atoms with van der Waals surface area (Å²) in [6.45, 7) is 5.26. The summed E-state index contributed by atoms with van der Waals surface area (Å²) >= 11 is 0. The van der Waals surface area contributed by atoms with Gasteiger partial charge in [0.05, 0.1) is 11.4 Å². The van der Waals surface area contributed by atoms with Gasteiger partial charge in [0.1, 0.15) is 29.3 Å². The zero-order chi connectivity index (χ0) is 23.7. The highest BCUT2D eigenvalue weighted by Crippen LogP contribution is 2.35. The number of piperidine rings is 1. The van der Waals surface area contributed by atoms with Gasteiger partial charge in [-0.25, -0.2) is 14.6 Å². The second-order valence-corrected chi connectivity index (χ2v) is 8.93. The van der Waals surface area contributed by atoms with Gasteiger partial charge in [0.15, 0.2) is 5.65 Å². The van der Waals surface area contributed by atoms with Crippen molar-refractivity contribution < 1.29 is 9.53 Å². The van der Waals surface area contributed by atoms with E-state index in [0.29, 0.717) is 18.0 Å². The van der Waals surface area contributed by atoms with Crippen LogP contribution in [0.15, 0.2) is 60.9 Å². The Kier molecular flexibility index (Phi) is 5.88. The Labute approximate surface area is 198 Å². The Morgan fingerprint density at radius 2 is 1.79 bits per heavy atom. The van der Waals surface area contributed by atoms with Crippen molar-refractivity contribution in [1.29, 1.82) is 0 Å². The fourth-order valence-corrected chi connectivity index (χ4v) is 4.48. The first-order valence-corrected chi connectivity index (χ1v) is 11.6. The number of nitrogen functional groups attached to an aromatic ring is 1. The van der Waals surface area contributed by atoms with Crippen molar-refractivity contribution in [2.75, 3.05) is 18.8 Å². The van der Waals surface area contributed by atoms with E-state index in [0.717, 1.165) is 47.5 Å². The summed E-state index contributed by atoms with van der Waals surface area (Å²) in [5, 5.41) is 5.68. The lowest BCUT2D eigenvalue weighted by Crippen LogP contribution is -2.42. The van der Waals surface area contributed by atoms with Gasteiger partial charge < -0.3 is 15.4 Å². The van der Waals surface area contributed by atoms with Crippen LogP contribution in [0, 0.1) is 5.92 Å². The Morgan fingerprint density at radius 3 is 2.53 bits per heavy atom. The number of carbonyl (C=O) groups is 1. The Hall–Kier alpha value is -3.94. The van der Waals surface area contributed by atoms with Crippen molar-refractivity contribution in [3.8, 4) is 22.8 Å². The summed E-state index contributed by atoms with van der Waals surface area (Å²) in [6.07, 6.45) is 3.31. The number of rotatable bonds is 5. The third kappa shape index (κ3) is 4.19. The zero-order valence-corrected chi connectivity index (χ0v) is 19.4. The van der Waals surface area contributed by atoms with E-state index in [1.54, 1.807) is 0 Å². The number of hydrogen-bond acceptors (Lipinski definition) is 6. The second-order valence-electron chi connectivity index (χ2n) is 8.93. The molecule has 0 spiro atoms. The SMILES string of the molecule is CC(C)C(=O)N1CCC[C@@H](n2nc(-c3ccc(Oc4ccccc4)cc3)c3c(N)ncnc32)C1. The third-order valence-electron chi connectivity index (χ3n) is 6.17. The summed E-state index contributed by atoms with van der Waals surface area (Å²) < 4.78 is 7.85. The molecule has 0 saturated carbocycles. The number of para-hydroxylation sites is 1. The minimum atomic E-state index is -0.0294. The lowest BCUT2D eigenvalue weighted by atomic mass is 10.0. The molecule has 1 saturated heterocycles. The molecule has 8 nitrogen and oxygen atoms in total. The zero-order valence-electron chi connectivity index (χ0n) is 19.4. The van der Waals surface area contributed by atoms with E-state index in [-0.39, 0.29) is 17.9 Å². The van der Waals surface area contributed by atoms with Crippen molar-refractivity contribution in [1.82, 2.24) is 24.6 Å². The van der Waals surface area contributed by atoms with E-state index >= 15 is 0 Å². The lowest BCUT2D eigenvalue weighted by Gasteiger charge is -2.34. The summed E-state index contributed by atoms with van der Waals surface area (Å²) in [7, 11) is 0. The summed E-state index contributed by atoms with van der Waals surface area (Å²) in [5.74, 6) is 2.04. The summed E-state index contributed by atoms with van der Waals surface area (Å²) in [5.41, 5.74) is 8.61. The molecule has 1 aliphatic heterocycles. The largest absolute Gasteiger partial charge is 0.457 e. The molecular formula is C26H28N6O2. The molecule has 1 amide bonds. The first-order chi connectivity index (χ1) is 16.5. The van der Waals surface area contributed by atoms with E-state index in [1.807, 2.05) is 78.0 Å². The van der Waals surface area contributed by atoms with Gasteiger partial charge >= 0.3 is 0 Å². The Bertz CT molecular complexity index is 1300. The van der Waals surface area contributed by atoms with Crippen molar-refractivity contribution in [2.45, 2.75) is 32.7 Å². The van der Waals surface area contributed by atoms with Crippen LogP contribution in [0.25, 0.3) is 22.3 Å². The molecule has 34 heavy (non-hydrogen) atoms. The number of likely N-dealkylation sites (tertiary alicyclic amines) is 1. The normalized spacial score (nSPS) is 16.2. The van der Waals surface area contributed by atoms with Crippen LogP contribution in [-0.2, 0) is 4.79 Å². The van der Waals surface area contributed by atoms with Gasteiger partial charge in [-0.3, -0.25) is 4.79 Å². The van der Waals surface area contributed by atoms with Gasteiger partial charge in [-0.2, -0.15) is 5.10 Å². The molecule has 1 fully saturated rings. The average Bonchev–Trinajstić information content (AvgIpc) is 3.26. The fourth-order valence-electron chi connectivity index (χ4n) is 4.48. The molecule has 8 heteroatoms. The molecule has 0 radical (unpaired) electrons. The molecular weight excluding hydrogens is 428 g/mol. The molecule has 1 aliphatic rings. The van der Waals surface area contributed by atoms with Gasteiger partial charge in [-0.15, -0.1) is 0 Å². The maximum atomic E-state index is 12.6. The first-order valence-electron chi connectivity index (χ1n) is 11.6. The molecule has 2 aromatic carbocycles. The van der Waals surface area contributed by atoms with Crippen LogP contribution in [0.1, 0.15) is 32.7 Å². The summed E-state index contributed by atoms with van der Waals surface area (Å²) in [6, 6.07) is 17.4. The maximum absolute atomic E-state index is 12.6.